The van der Waals surface area contributed by atoms with Gasteiger partial charge in [0.1, 0.15) is 0 Å². The highest BCUT2D eigenvalue weighted by molar-refractivity contribution is 7.80. The van der Waals surface area contributed by atoms with Crippen molar-refractivity contribution >= 4 is 34.3 Å². The van der Waals surface area contributed by atoms with Gasteiger partial charge in [-0.2, -0.15) is 10.1 Å². The quantitative estimate of drug-likeness (QED) is 0.545. The Morgan fingerprint density at radius 2 is 1.65 bits per heavy atom. The number of nitrogens with zero attached hydrogens (tertiary/aromatic N) is 4. The molecule has 0 radical (unpaired) electrons. The summed E-state index contributed by atoms with van der Waals surface area (Å²) in [5, 5.41) is 8.54. The lowest BCUT2D eigenvalue weighted by molar-refractivity contribution is 0.877. The van der Waals surface area contributed by atoms with Crippen LogP contribution in [0.4, 0.5) is 5.95 Å². The van der Waals surface area contributed by atoms with Crippen molar-refractivity contribution in [1.82, 2.24) is 19.7 Å². The average molecular weight is 360 g/mol. The predicted molar refractivity (Wildman–Crippen MR) is 107 cm³/mol. The van der Waals surface area contributed by atoms with E-state index in [4.69, 9.17) is 18.0 Å². The van der Waals surface area contributed by atoms with Crippen molar-refractivity contribution in [3.63, 3.8) is 0 Å². The molecule has 0 amide bonds. The van der Waals surface area contributed by atoms with E-state index in [0.29, 0.717) is 11.6 Å². The number of benzene rings is 2. The third kappa shape index (κ3) is 2.89. The van der Waals surface area contributed by atoms with Crippen LogP contribution >= 0.6 is 12.2 Å². The monoisotopic (exact) mass is 360 g/mol. The van der Waals surface area contributed by atoms with Crippen LogP contribution < -0.4 is 11.1 Å². The molecule has 26 heavy (non-hydrogen) atoms. The maximum absolute atomic E-state index is 5.63. The van der Waals surface area contributed by atoms with Crippen LogP contribution in [-0.2, 0) is 0 Å². The molecule has 0 saturated heterocycles. The van der Waals surface area contributed by atoms with E-state index < -0.39 is 0 Å². The molecule has 0 fully saturated rings. The first-order chi connectivity index (χ1) is 12.6. The molecule has 128 valence electrons. The Labute approximate surface area is 155 Å². The second kappa shape index (κ2) is 6.53. The van der Waals surface area contributed by atoms with Crippen LogP contribution in [0.3, 0.4) is 0 Å². The summed E-state index contributed by atoms with van der Waals surface area (Å²) in [5.41, 5.74) is 9.86. The SMILES string of the molecule is Cc1nn(-c2ccccc2)c2nc(NC(N)=S)nc(-c3ccccc3)c12. The van der Waals surface area contributed by atoms with Crippen molar-refractivity contribution in [2.24, 2.45) is 5.73 Å². The van der Waals surface area contributed by atoms with Crippen molar-refractivity contribution in [2.75, 3.05) is 5.32 Å². The molecule has 0 bridgehead atoms. The normalized spacial score (nSPS) is 10.8. The first kappa shape index (κ1) is 16.2. The maximum atomic E-state index is 5.63. The molecule has 2 aromatic carbocycles. The summed E-state index contributed by atoms with van der Waals surface area (Å²) in [5.74, 6) is 0.348. The third-order valence-corrected chi connectivity index (χ3v) is 4.09. The Balaban J connectivity index is 2.04. The fraction of sp³-hybridized carbons (Fsp3) is 0.0526. The van der Waals surface area contributed by atoms with Gasteiger partial charge in [-0.3, -0.25) is 0 Å². The first-order valence-corrected chi connectivity index (χ1v) is 8.49. The summed E-state index contributed by atoms with van der Waals surface area (Å²) in [6.45, 7) is 1.96. The molecular formula is C19H16N6S. The molecule has 0 aliphatic rings. The van der Waals surface area contributed by atoms with Crippen molar-refractivity contribution in [2.45, 2.75) is 6.92 Å². The molecule has 6 nitrogen and oxygen atoms in total. The number of aromatic nitrogens is 4. The van der Waals surface area contributed by atoms with E-state index in [-0.39, 0.29) is 5.11 Å². The lowest BCUT2D eigenvalue weighted by atomic mass is 10.1. The molecule has 4 aromatic rings. The molecule has 0 saturated carbocycles. The van der Waals surface area contributed by atoms with Crippen LogP contribution in [0.25, 0.3) is 28.0 Å². The second-order valence-electron chi connectivity index (χ2n) is 5.78. The number of nitrogens with one attached hydrogen (secondary N) is 1. The summed E-state index contributed by atoms with van der Waals surface area (Å²) in [6.07, 6.45) is 0. The van der Waals surface area contributed by atoms with Gasteiger partial charge in [0.05, 0.1) is 22.5 Å². The minimum atomic E-state index is 0.117. The number of fused-ring (bicyclic) bond motifs is 1. The number of hydrogen-bond donors (Lipinski definition) is 2. The molecule has 0 aliphatic carbocycles. The smallest absolute Gasteiger partial charge is 0.231 e. The summed E-state index contributed by atoms with van der Waals surface area (Å²) in [7, 11) is 0. The van der Waals surface area contributed by atoms with Gasteiger partial charge >= 0.3 is 0 Å². The van der Waals surface area contributed by atoms with Gasteiger partial charge in [-0.05, 0) is 31.3 Å². The zero-order chi connectivity index (χ0) is 18.1. The molecule has 4 rings (SSSR count). The van der Waals surface area contributed by atoms with Crippen molar-refractivity contribution < 1.29 is 0 Å². The minimum absolute atomic E-state index is 0.117. The van der Waals surface area contributed by atoms with Gasteiger partial charge in [0.2, 0.25) is 5.95 Å². The van der Waals surface area contributed by atoms with E-state index in [1.165, 1.54) is 0 Å². The maximum Gasteiger partial charge on any atom is 0.231 e. The summed E-state index contributed by atoms with van der Waals surface area (Å²) in [6, 6.07) is 19.8. The van der Waals surface area contributed by atoms with Crippen molar-refractivity contribution in [1.29, 1.82) is 0 Å². The summed E-state index contributed by atoms with van der Waals surface area (Å²) in [4.78, 5) is 9.25. The van der Waals surface area contributed by atoms with Gasteiger partial charge < -0.3 is 11.1 Å². The lowest BCUT2D eigenvalue weighted by Gasteiger charge is -2.09. The molecule has 0 atom stereocenters. The Kier molecular flexibility index (Phi) is 4.06. The Morgan fingerprint density at radius 1 is 1.00 bits per heavy atom. The molecule has 2 aromatic heterocycles. The van der Waals surface area contributed by atoms with Gasteiger partial charge in [0.15, 0.2) is 10.8 Å². The number of thiocarbonyl (C=S) groups is 1. The number of aryl methyl sites for hydroxylation is 1. The first-order valence-electron chi connectivity index (χ1n) is 8.08. The van der Waals surface area contributed by atoms with Crippen LogP contribution in [0.2, 0.25) is 0 Å². The molecular weight excluding hydrogens is 344 g/mol. The van der Waals surface area contributed by atoms with E-state index >= 15 is 0 Å². The Bertz CT molecular complexity index is 1090. The van der Waals surface area contributed by atoms with E-state index in [2.05, 4.69) is 20.4 Å². The fourth-order valence-electron chi connectivity index (χ4n) is 2.90. The largest absolute Gasteiger partial charge is 0.376 e. The number of rotatable bonds is 3. The average Bonchev–Trinajstić information content (AvgIpc) is 2.99. The fourth-order valence-corrected chi connectivity index (χ4v) is 2.99. The van der Waals surface area contributed by atoms with Crippen LogP contribution in [0, 0.1) is 6.92 Å². The van der Waals surface area contributed by atoms with E-state index in [9.17, 15) is 0 Å². The highest BCUT2D eigenvalue weighted by atomic mass is 32.1. The zero-order valence-corrected chi connectivity index (χ0v) is 14.9. The molecule has 3 N–H and O–H groups in total. The predicted octanol–water partition coefficient (Wildman–Crippen LogP) is 3.45. The van der Waals surface area contributed by atoms with E-state index in [1.54, 1.807) is 0 Å². The lowest BCUT2D eigenvalue weighted by Crippen LogP contribution is -2.20. The molecule has 7 heteroatoms. The van der Waals surface area contributed by atoms with Gasteiger partial charge in [-0.25, -0.2) is 9.67 Å². The van der Waals surface area contributed by atoms with Gasteiger partial charge in [0, 0.05) is 5.56 Å². The van der Waals surface area contributed by atoms with Gasteiger partial charge in [-0.1, -0.05) is 48.5 Å². The van der Waals surface area contributed by atoms with Crippen LogP contribution in [0.5, 0.6) is 0 Å². The third-order valence-electron chi connectivity index (χ3n) is 3.99. The van der Waals surface area contributed by atoms with Crippen LogP contribution in [0.15, 0.2) is 60.7 Å². The molecule has 0 unspecified atom stereocenters. The van der Waals surface area contributed by atoms with Gasteiger partial charge in [-0.15, -0.1) is 0 Å². The number of hydrogen-bond acceptors (Lipinski definition) is 4. The molecule has 2 heterocycles. The van der Waals surface area contributed by atoms with Crippen molar-refractivity contribution in [3.8, 4) is 16.9 Å². The summed E-state index contributed by atoms with van der Waals surface area (Å²) < 4.78 is 1.81. The summed E-state index contributed by atoms with van der Waals surface area (Å²) >= 11 is 4.96. The zero-order valence-electron chi connectivity index (χ0n) is 14.0. The Hall–Kier alpha value is -3.32. The highest BCUT2D eigenvalue weighted by Crippen LogP contribution is 2.30. The molecule has 0 spiro atoms. The number of anilines is 1. The van der Waals surface area contributed by atoms with Crippen LogP contribution in [-0.4, -0.2) is 24.9 Å². The number of nitrogens with two attached hydrogens (primary N) is 1. The van der Waals surface area contributed by atoms with Crippen LogP contribution in [0.1, 0.15) is 5.69 Å². The Morgan fingerprint density at radius 3 is 2.31 bits per heavy atom. The highest BCUT2D eigenvalue weighted by Gasteiger charge is 2.18. The standard InChI is InChI=1S/C19H16N6S/c1-12-15-16(13-8-4-2-5-9-13)21-19(23-18(20)26)22-17(15)25(24-12)14-10-6-3-7-11-14/h2-11H,1H3,(H3,20,21,22,23,26). The molecule has 0 aliphatic heterocycles. The number of para-hydroxylation sites is 1. The topological polar surface area (TPSA) is 81.7 Å². The second-order valence-corrected chi connectivity index (χ2v) is 6.22. The van der Waals surface area contributed by atoms with Gasteiger partial charge in [0.25, 0.3) is 0 Å². The van der Waals surface area contributed by atoms with E-state index in [0.717, 1.165) is 28.0 Å². The van der Waals surface area contributed by atoms with Crippen molar-refractivity contribution in [3.05, 3.63) is 66.4 Å². The van der Waals surface area contributed by atoms with E-state index in [1.807, 2.05) is 72.3 Å². The minimum Gasteiger partial charge on any atom is -0.376 e.